The average molecular weight is 281 g/mol. The van der Waals surface area contributed by atoms with E-state index in [1.165, 1.54) is 45.2 Å². The van der Waals surface area contributed by atoms with Crippen molar-refractivity contribution in [2.45, 2.75) is 71.0 Å². The number of hydrogen-bond acceptors (Lipinski definition) is 3. The first-order chi connectivity index (χ1) is 9.45. The van der Waals surface area contributed by atoms with Crippen LogP contribution in [0.5, 0.6) is 0 Å². The van der Waals surface area contributed by atoms with Crippen molar-refractivity contribution in [1.82, 2.24) is 15.1 Å². The van der Waals surface area contributed by atoms with Gasteiger partial charge in [0.1, 0.15) is 0 Å². The van der Waals surface area contributed by atoms with Crippen LogP contribution in [0.3, 0.4) is 0 Å². The Kier molecular flexibility index (Phi) is 5.49. The molecule has 1 aliphatic carbocycles. The molecule has 2 unspecified atom stereocenters. The molecule has 0 aromatic carbocycles. The second kappa shape index (κ2) is 6.76. The van der Waals surface area contributed by atoms with Crippen LogP contribution >= 0.6 is 0 Å². The lowest BCUT2D eigenvalue weighted by Gasteiger charge is -2.50. The zero-order valence-electron chi connectivity index (χ0n) is 14.3. The zero-order chi connectivity index (χ0) is 14.8. The standard InChI is InChI=1S/C17H35N3/c1-6-18-16-15(8-7-11-17(16,2)3)20-12-9-14(10-13-20)19(4)5/h14-16,18H,6-13H2,1-5H3. The third-order valence-electron chi connectivity index (χ3n) is 5.67. The van der Waals surface area contributed by atoms with Crippen molar-refractivity contribution in [2.75, 3.05) is 33.7 Å². The molecule has 3 heteroatoms. The highest BCUT2D eigenvalue weighted by molar-refractivity contribution is 4.99. The highest BCUT2D eigenvalue weighted by atomic mass is 15.2. The maximum absolute atomic E-state index is 3.80. The molecule has 1 saturated carbocycles. The Morgan fingerprint density at radius 3 is 2.35 bits per heavy atom. The van der Waals surface area contributed by atoms with Gasteiger partial charge in [0.05, 0.1) is 0 Å². The first kappa shape index (κ1) is 16.3. The van der Waals surface area contributed by atoms with Gasteiger partial charge in [0.2, 0.25) is 0 Å². The quantitative estimate of drug-likeness (QED) is 0.854. The number of likely N-dealkylation sites (N-methyl/N-ethyl adjacent to an activating group) is 1. The molecule has 0 amide bonds. The van der Waals surface area contributed by atoms with E-state index in [2.05, 4.69) is 50.0 Å². The monoisotopic (exact) mass is 281 g/mol. The fraction of sp³-hybridized carbons (Fsp3) is 1.00. The van der Waals surface area contributed by atoms with Crippen LogP contribution in [0.2, 0.25) is 0 Å². The van der Waals surface area contributed by atoms with Crippen molar-refractivity contribution >= 4 is 0 Å². The van der Waals surface area contributed by atoms with Gasteiger partial charge in [-0.05, 0) is 64.8 Å². The van der Waals surface area contributed by atoms with Gasteiger partial charge in [0.25, 0.3) is 0 Å². The Morgan fingerprint density at radius 1 is 1.15 bits per heavy atom. The molecule has 1 aliphatic heterocycles. The van der Waals surface area contributed by atoms with Crippen LogP contribution in [0.1, 0.15) is 52.9 Å². The van der Waals surface area contributed by atoms with E-state index < -0.39 is 0 Å². The highest BCUT2D eigenvalue weighted by Gasteiger charge is 2.41. The van der Waals surface area contributed by atoms with E-state index in [4.69, 9.17) is 0 Å². The van der Waals surface area contributed by atoms with Crippen LogP contribution in [0.4, 0.5) is 0 Å². The van der Waals surface area contributed by atoms with E-state index in [0.717, 1.165) is 18.6 Å². The maximum Gasteiger partial charge on any atom is 0.0274 e. The second-order valence-electron chi connectivity index (χ2n) is 7.71. The van der Waals surface area contributed by atoms with Crippen molar-refractivity contribution < 1.29 is 0 Å². The molecule has 2 aliphatic rings. The molecular formula is C17H35N3. The second-order valence-corrected chi connectivity index (χ2v) is 7.71. The van der Waals surface area contributed by atoms with E-state index in [0.29, 0.717) is 11.5 Å². The summed E-state index contributed by atoms with van der Waals surface area (Å²) in [6.45, 7) is 10.8. The smallest absolute Gasteiger partial charge is 0.0274 e. The van der Waals surface area contributed by atoms with Gasteiger partial charge >= 0.3 is 0 Å². The van der Waals surface area contributed by atoms with Gasteiger partial charge in [-0.15, -0.1) is 0 Å². The Bertz CT molecular complexity index is 293. The lowest BCUT2D eigenvalue weighted by atomic mass is 9.70. The van der Waals surface area contributed by atoms with Crippen molar-refractivity contribution in [3.05, 3.63) is 0 Å². The summed E-state index contributed by atoms with van der Waals surface area (Å²) in [4.78, 5) is 5.19. The summed E-state index contributed by atoms with van der Waals surface area (Å²) in [6, 6.07) is 2.21. The minimum Gasteiger partial charge on any atom is -0.312 e. The largest absolute Gasteiger partial charge is 0.312 e. The fourth-order valence-electron chi connectivity index (χ4n) is 4.37. The molecule has 0 aromatic rings. The predicted octanol–water partition coefficient (Wildman–Crippen LogP) is 2.57. The number of hydrogen-bond donors (Lipinski definition) is 1. The van der Waals surface area contributed by atoms with Gasteiger partial charge in [-0.1, -0.05) is 27.2 Å². The molecule has 0 radical (unpaired) electrons. The molecule has 0 bridgehead atoms. The molecule has 1 saturated heterocycles. The number of nitrogens with zero attached hydrogens (tertiary/aromatic N) is 2. The summed E-state index contributed by atoms with van der Waals surface area (Å²) in [5, 5.41) is 3.80. The van der Waals surface area contributed by atoms with E-state index in [1.54, 1.807) is 0 Å². The normalized spacial score (nSPS) is 32.7. The lowest BCUT2D eigenvalue weighted by Crippen LogP contribution is -2.60. The minimum atomic E-state index is 0.442. The van der Waals surface area contributed by atoms with Crippen LogP contribution in [0.25, 0.3) is 0 Å². The van der Waals surface area contributed by atoms with Crippen LogP contribution < -0.4 is 5.32 Å². The van der Waals surface area contributed by atoms with Gasteiger partial charge in [0.15, 0.2) is 0 Å². The Labute approximate surface area is 126 Å². The number of likely N-dealkylation sites (tertiary alicyclic amines) is 1. The average Bonchev–Trinajstić information content (AvgIpc) is 2.41. The van der Waals surface area contributed by atoms with Crippen LogP contribution in [0.15, 0.2) is 0 Å². The molecule has 1 N–H and O–H groups in total. The topological polar surface area (TPSA) is 18.5 Å². The number of rotatable bonds is 4. The minimum absolute atomic E-state index is 0.442. The molecule has 118 valence electrons. The summed E-state index contributed by atoms with van der Waals surface area (Å²) in [7, 11) is 4.46. The van der Waals surface area contributed by atoms with Crippen molar-refractivity contribution in [3.63, 3.8) is 0 Å². The first-order valence-electron chi connectivity index (χ1n) is 8.59. The Balaban J connectivity index is 1.99. The third kappa shape index (κ3) is 3.55. The van der Waals surface area contributed by atoms with Crippen molar-refractivity contribution in [1.29, 1.82) is 0 Å². The SMILES string of the molecule is CCNC1C(N2CCC(N(C)C)CC2)CCCC1(C)C. The summed E-state index contributed by atoms with van der Waals surface area (Å²) < 4.78 is 0. The van der Waals surface area contributed by atoms with Gasteiger partial charge in [-0.2, -0.15) is 0 Å². The molecule has 20 heavy (non-hydrogen) atoms. The van der Waals surface area contributed by atoms with E-state index >= 15 is 0 Å². The molecule has 2 atom stereocenters. The summed E-state index contributed by atoms with van der Waals surface area (Å²) in [6.07, 6.45) is 6.82. The van der Waals surface area contributed by atoms with Gasteiger partial charge in [-0.3, -0.25) is 4.90 Å². The molecule has 1 heterocycles. The Morgan fingerprint density at radius 2 is 1.80 bits per heavy atom. The molecule has 0 aromatic heterocycles. The van der Waals surface area contributed by atoms with Crippen molar-refractivity contribution in [3.8, 4) is 0 Å². The highest BCUT2D eigenvalue weighted by Crippen LogP contribution is 2.38. The molecule has 0 spiro atoms. The lowest BCUT2D eigenvalue weighted by molar-refractivity contribution is 0.0243. The summed E-state index contributed by atoms with van der Waals surface area (Å²) >= 11 is 0. The van der Waals surface area contributed by atoms with Crippen LogP contribution in [-0.2, 0) is 0 Å². The van der Waals surface area contributed by atoms with Gasteiger partial charge < -0.3 is 10.2 Å². The predicted molar refractivity (Wildman–Crippen MR) is 87.2 cm³/mol. The van der Waals surface area contributed by atoms with Crippen LogP contribution in [-0.4, -0.2) is 61.7 Å². The third-order valence-corrected chi connectivity index (χ3v) is 5.67. The Hall–Kier alpha value is -0.120. The zero-order valence-corrected chi connectivity index (χ0v) is 14.3. The van der Waals surface area contributed by atoms with Crippen molar-refractivity contribution in [2.24, 2.45) is 5.41 Å². The number of piperidine rings is 1. The fourth-order valence-corrected chi connectivity index (χ4v) is 4.37. The van der Waals surface area contributed by atoms with Crippen LogP contribution in [0, 0.1) is 5.41 Å². The first-order valence-corrected chi connectivity index (χ1v) is 8.59. The molecule has 3 nitrogen and oxygen atoms in total. The van der Waals surface area contributed by atoms with E-state index in [-0.39, 0.29) is 0 Å². The molecule has 2 rings (SSSR count). The van der Waals surface area contributed by atoms with Gasteiger partial charge in [0, 0.05) is 18.1 Å². The van der Waals surface area contributed by atoms with E-state index in [1.807, 2.05) is 0 Å². The summed E-state index contributed by atoms with van der Waals surface area (Å²) in [5.74, 6) is 0. The number of nitrogens with one attached hydrogen (secondary N) is 1. The summed E-state index contributed by atoms with van der Waals surface area (Å²) in [5.41, 5.74) is 0.442. The molecule has 2 fully saturated rings. The van der Waals surface area contributed by atoms with E-state index in [9.17, 15) is 0 Å². The maximum atomic E-state index is 3.80. The van der Waals surface area contributed by atoms with Gasteiger partial charge in [-0.25, -0.2) is 0 Å². The molecular weight excluding hydrogens is 246 g/mol.